The standard InChI is InChI=1S/C2H4O3.ClH/c3-1-2(4)5;/h3H,1H2,(H,4,5);1H. The van der Waals surface area contributed by atoms with Crippen molar-refractivity contribution in [3.63, 3.8) is 0 Å². The van der Waals surface area contributed by atoms with Gasteiger partial charge < -0.3 is 10.2 Å². The molecule has 0 aliphatic rings. The van der Waals surface area contributed by atoms with E-state index in [1.807, 2.05) is 0 Å². The van der Waals surface area contributed by atoms with Gasteiger partial charge in [0.25, 0.3) is 0 Å². The van der Waals surface area contributed by atoms with Crippen LogP contribution in [0, 0.1) is 0 Å². The normalized spacial score (nSPS) is 6.17. The molecular weight excluding hydrogens is 107 g/mol. The number of carboxylic acid groups (broad SMARTS) is 1. The van der Waals surface area contributed by atoms with Crippen LogP contribution in [0.3, 0.4) is 0 Å². The van der Waals surface area contributed by atoms with Crippen LogP contribution in [-0.4, -0.2) is 22.8 Å². The lowest BCUT2D eigenvalue weighted by molar-refractivity contribution is -0.140. The van der Waals surface area contributed by atoms with Gasteiger partial charge in [0.1, 0.15) is 6.61 Å². The van der Waals surface area contributed by atoms with E-state index in [9.17, 15) is 0 Å². The number of aliphatic hydroxyl groups is 1. The average molecular weight is 113 g/mol. The highest BCUT2D eigenvalue weighted by Crippen LogP contribution is 1.48. The first kappa shape index (κ1) is 9.21. The molecule has 0 saturated heterocycles. The van der Waals surface area contributed by atoms with Gasteiger partial charge in [0.05, 0.1) is 0 Å². The fraction of sp³-hybridized carbons (Fsp3) is 0.500. The molecule has 0 amide bonds. The molecule has 3 nitrogen and oxygen atoms in total. The van der Waals surface area contributed by atoms with Gasteiger partial charge in [-0.3, -0.25) is 0 Å². The lowest BCUT2D eigenvalue weighted by Gasteiger charge is -1.72. The summed E-state index contributed by atoms with van der Waals surface area (Å²) in [4.78, 5) is 9.12. The molecule has 0 aromatic carbocycles. The quantitative estimate of drug-likeness (QED) is 0.480. The fourth-order valence-electron chi connectivity index (χ4n) is 0. The SMILES string of the molecule is Cl.O=C(O)CO. The zero-order valence-electron chi connectivity index (χ0n) is 2.92. The van der Waals surface area contributed by atoms with Crippen LogP contribution in [0.4, 0.5) is 0 Å². The Kier molecular flexibility index (Phi) is 7.24. The van der Waals surface area contributed by atoms with Gasteiger partial charge in [-0.25, -0.2) is 4.79 Å². The Morgan fingerprint density at radius 1 is 1.67 bits per heavy atom. The predicted molar refractivity (Wildman–Crippen MR) is 22.0 cm³/mol. The Morgan fingerprint density at radius 2 is 1.83 bits per heavy atom. The lowest BCUT2D eigenvalue weighted by Crippen LogP contribution is -1.98. The number of halogens is 1. The van der Waals surface area contributed by atoms with Crippen LogP contribution in [0.25, 0.3) is 0 Å². The molecule has 2 N–H and O–H groups in total. The van der Waals surface area contributed by atoms with Gasteiger partial charge in [0.2, 0.25) is 0 Å². The number of aliphatic hydroxyl groups excluding tert-OH is 1. The Bertz CT molecular complexity index is 44.1. The molecular formula is C2H5ClO3. The summed E-state index contributed by atoms with van der Waals surface area (Å²) in [6.07, 6.45) is 0. The van der Waals surface area contributed by atoms with Crippen molar-refractivity contribution < 1.29 is 15.0 Å². The summed E-state index contributed by atoms with van der Waals surface area (Å²) in [7, 11) is 0. The minimum atomic E-state index is -1.19. The molecule has 0 spiro atoms. The van der Waals surface area contributed by atoms with E-state index < -0.39 is 12.6 Å². The van der Waals surface area contributed by atoms with Crippen LogP contribution in [-0.2, 0) is 4.79 Å². The van der Waals surface area contributed by atoms with Crippen LogP contribution < -0.4 is 0 Å². The van der Waals surface area contributed by atoms with Crippen LogP contribution in [0.15, 0.2) is 0 Å². The van der Waals surface area contributed by atoms with Gasteiger partial charge in [-0.05, 0) is 0 Å². The molecule has 0 aliphatic heterocycles. The highest BCUT2D eigenvalue weighted by atomic mass is 35.5. The fourth-order valence-corrected chi connectivity index (χ4v) is 0. The topological polar surface area (TPSA) is 57.5 Å². The first-order chi connectivity index (χ1) is 2.27. The van der Waals surface area contributed by atoms with Gasteiger partial charge in [-0.1, -0.05) is 0 Å². The average Bonchev–Trinajstić information content (AvgIpc) is 1.38. The predicted octanol–water partition coefficient (Wildman–Crippen LogP) is -0.515. The Morgan fingerprint density at radius 3 is 1.83 bits per heavy atom. The second-order valence-electron chi connectivity index (χ2n) is 0.552. The van der Waals surface area contributed by atoms with Gasteiger partial charge >= 0.3 is 5.97 Å². The van der Waals surface area contributed by atoms with E-state index in [1.54, 1.807) is 0 Å². The molecule has 4 heteroatoms. The molecule has 0 saturated carbocycles. The van der Waals surface area contributed by atoms with Gasteiger partial charge in [-0.2, -0.15) is 0 Å². The summed E-state index contributed by atoms with van der Waals surface area (Å²) >= 11 is 0. The van der Waals surface area contributed by atoms with E-state index >= 15 is 0 Å². The van der Waals surface area contributed by atoms with Crippen molar-refractivity contribution in [2.75, 3.05) is 6.61 Å². The Balaban J connectivity index is 0. The maximum Gasteiger partial charge on any atom is 0.329 e. The molecule has 0 atom stereocenters. The van der Waals surface area contributed by atoms with Crippen molar-refractivity contribution in [3.05, 3.63) is 0 Å². The maximum atomic E-state index is 9.12. The molecule has 0 aromatic rings. The number of aliphatic carboxylic acids is 1. The number of rotatable bonds is 1. The van der Waals surface area contributed by atoms with Crippen molar-refractivity contribution >= 4 is 18.4 Å². The summed E-state index contributed by atoms with van der Waals surface area (Å²) in [6, 6.07) is 0. The zero-order valence-corrected chi connectivity index (χ0v) is 3.73. The number of hydrogen-bond acceptors (Lipinski definition) is 2. The minimum Gasteiger partial charge on any atom is -0.480 e. The van der Waals surface area contributed by atoms with E-state index in [0.717, 1.165) is 0 Å². The zero-order chi connectivity index (χ0) is 4.28. The maximum absolute atomic E-state index is 9.12. The molecule has 0 unspecified atom stereocenters. The smallest absolute Gasteiger partial charge is 0.329 e. The van der Waals surface area contributed by atoms with E-state index in [4.69, 9.17) is 15.0 Å². The third kappa shape index (κ3) is 9.30. The summed E-state index contributed by atoms with van der Waals surface area (Å²) < 4.78 is 0. The van der Waals surface area contributed by atoms with Crippen molar-refractivity contribution in [2.24, 2.45) is 0 Å². The highest BCUT2D eigenvalue weighted by Gasteiger charge is 1.82. The Labute approximate surface area is 41.0 Å². The number of carboxylic acids is 1. The molecule has 0 heterocycles. The minimum absolute atomic E-state index is 0. The van der Waals surface area contributed by atoms with E-state index in [0.29, 0.717) is 0 Å². The molecule has 6 heavy (non-hydrogen) atoms. The second kappa shape index (κ2) is 4.72. The van der Waals surface area contributed by atoms with E-state index in [2.05, 4.69) is 0 Å². The van der Waals surface area contributed by atoms with Crippen molar-refractivity contribution in [2.45, 2.75) is 0 Å². The van der Waals surface area contributed by atoms with Crippen LogP contribution in [0.2, 0.25) is 0 Å². The van der Waals surface area contributed by atoms with Crippen LogP contribution in [0.5, 0.6) is 0 Å². The van der Waals surface area contributed by atoms with Gasteiger partial charge in [0, 0.05) is 0 Å². The summed E-state index contributed by atoms with van der Waals surface area (Å²) in [5, 5.41) is 15.0. The van der Waals surface area contributed by atoms with E-state index in [1.165, 1.54) is 0 Å². The molecule has 0 aliphatic carbocycles. The van der Waals surface area contributed by atoms with Crippen LogP contribution >= 0.6 is 12.4 Å². The largest absolute Gasteiger partial charge is 0.480 e. The first-order valence-corrected chi connectivity index (χ1v) is 1.10. The second-order valence-corrected chi connectivity index (χ2v) is 0.552. The number of hydrogen-bond donors (Lipinski definition) is 2. The number of carbonyl (C=O) groups is 1. The molecule has 0 radical (unpaired) electrons. The molecule has 0 fully saturated rings. The van der Waals surface area contributed by atoms with Gasteiger partial charge in [0.15, 0.2) is 0 Å². The monoisotopic (exact) mass is 112 g/mol. The molecule has 38 valence electrons. The summed E-state index contributed by atoms with van der Waals surface area (Å²) in [6.45, 7) is -0.778. The third-order valence-corrected chi connectivity index (χ3v) is 0.135. The van der Waals surface area contributed by atoms with Crippen LogP contribution in [0.1, 0.15) is 0 Å². The van der Waals surface area contributed by atoms with E-state index in [-0.39, 0.29) is 12.4 Å². The molecule has 0 rings (SSSR count). The molecule has 0 bridgehead atoms. The Hall–Kier alpha value is -0.280. The lowest BCUT2D eigenvalue weighted by atomic mass is 10.8. The third-order valence-electron chi connectivity index (χ3n) is 0.135. The summed E-state index contributed by atoms with van der Waals surface area (Å²) in [5.41, 5.74) is 0. The highest BCUT2D eigenvalue weighted by molar-refractivity contribution is 5.85. The summed E-state index contributed by atoms with van der Waals surface area (Å²) in [5.74, 6) is -1.19. The molecule has 0 aromatic heterocycles. The van der Waals surface area contributed by atoms with Gasteiger partial charge in [-0.15, -0.1) is 12.4 Å². The van der Waals surface area contributed by atoms with Crippen molar-refractivity contribution in [3.8, 4) is 0 Å². The first-order valence-electron chi connectivity index (χ1n) is 1.10. The van der Waals surface area contributed by atoms with Crippen molar-refractivity contribution in [1.29, 1.82) is 0 Å². The van der Waals surface area contributed by atoms with Crippen molar-refractivity contribution in [1.82, 2.24) is 0 Å².